The van der Waals surface area contributed by atoms with Crippen molar-refractivity contribution < 1.29 is 19.0 Å². The highest BCUT2D eigenvalue weighted by Gasteiger charge is 2.13. The van der Waals surface area contributed by atoms with Gasteiger partial charge >= 0.3 is 0 Å². The molecule has 0 aromatic heterocycles. The van der Waals surface area contributed by atoms with Crippen LogP contribution in [-0.2, 0) is 16.1 Å². The molecule has 0 saturated heterocycles. The van der Waals surface area contributed by atoms with Crippen molar-refractivity contribution in [3.05, 3.63) is 23.8 Å². The molecule has 1 aliphatic rings. The first-order chi connectivity index (χ1) is 11.2. The molecule has 24 heavy (non-hydrogen) atoms. The van der Waals surface area contributed by atoms with Gasteiger partial charge in [0, 0.05) is 27.2 Å². The Hall–Kier alpha value is -1.75. The molecule has 0 spiro atoms. The van der Waals surface area contributed by atoms with Crippen molar-refractivity contribution in [2.75, 3.05) is 40.6 Å². The zero-order chi connectivity index (χ0) is 16.5. The van der Waals surface area contributed by atoms with Crippen molar-refractivity contribution in [3.63, 3.8) is 0 Å². The lowest BCUT2D eigenvalue weighted by Gasteiger charge is -2.12. The van der Waals surface area contributed by atoms with Crippen LogP contribution in [0.5, 0.6) is 11.5 Å². The van der Waals surface area contributed by atoms with Crippen molar-refractivity contribution in [1.82, 2.24) is 16.0 Å². The molecule has 2 rings (SSSR count). The fraction of sp³-hybridized carbons (Fsp3) is 0.467. The molecule has 1 aliphatic heterocycles. The summed E-state index contributed by atoms with van der Waals surface area (Å²) in [5, 5.41) is 8.81. The standard InChI is InChI=1S/C15H22N4O4.HI/c1-16-15(19-9-14(20)17-5-6-21-2)18-8-11-3-4-12-13(7-11)23-10-22-12;/h3-4,7H,5-6,8-10H2,1-2H3,(H,17,20)(H2,16,18,19);1H. The molecule has 0 unspecified atom stereocenters. The summed E-state index contributed by atoms with van der Waals surface area (Å²) in [6, 6.07) is 5.74. The average molecular weight is 450 g/mol. The number of nitrogens with zero attached hydrogens (tertiary/aromatic N) is 1. The summed E-state index contributed by atoms with van der Waals surface area (Å²) < 4.78 is 15.5. The van der Waals surface area contributed by atoms with Crippen LogP contribution in [0.2, 0.25) is 0 Å². The van der Waals surface area contributed by atoms with Gasteiger partial charge in [-0.05, 0) is 17.7 Å². The third-order valence-electron chi connectivity index (χ3n) is 3.17. The minimum absolute atomic E-state index is 0. The Balaban J connectivity index is 0.00000288. The van der Waals surface area contributed by atoms with Crippen molar-refractivity contribution in [2.45, 2.75) is 6.54 Å². The Labute approximate surface area is 158 Å². The van der Waals surface area contributed by atoms with Crippen LogP contribution in [0.1, 0.15) is 5.56 Å². The van der Waals surface area contributed by atoms with Gasteiger partial charge in [-0.15, -0.1) is 24.0 Å². The summed E-state index contributed by atoms with van der Waals surface area (Å²) in [5.41, 5.74) is 1.03. The van der Waals surface area contributed by atoms with Gasteiger partial charge in [0.15, 0.2) is 17.5 Å². The number of ether oxygens (including phenoxy) is 3. The summed E-state index contributed by atoms with van der Waals surface area (Å²) in [6.45, 7) is 1.93. The molecule has 0 atom stereocenters. The molecule has 134 valence electrons. The van der Waals surface area contributed by atoms with Gasteiger partial charge in [0.05, 0.1) is 13.2 Å². The molecule has 9 heteroatoms. The van der Waals surface area contributed by atoms with E-state index in [-0.39, 0.29) is 43.2 Å². The number of amides is 1. The largest absolute Gasteiger partial charge is 0.454 e. The van der Waals surface area contributed by atoms with E-state index in [1.165, 1.54) is 0 Å². The van der Waals surface area contributed by atoms with Crippen molar-refractivity contribution >= 4 is 35.8 Å². The van der Waals surface area contributed by atoms with Crippen LogP contribution in [0.15, 0.2) is 23.2 Å². The molecule has 8 nitrogen and oxygen atoms in total. The second-order valence-electron chi connectivity index (χ2n) is 4.81. The molecular formula is C15H23IN4O4. The molecule has 3 N–H and O–H groups in total. The van der Waals surface area contributed by atoms with Crippen LogP contribution in [0.25, 0.3) is 0 Å². The fourth-order valence-corrected chi connectivity index (χ4v) is 1.98. The van der Waals surface area contributed by atoms with Crippen LogP contribution in [0.3, 0.4) is 0 Å². The molecule has 1 heterocycles. The van der Waals surface area contributed by atoms with Gasteiger partial charge in [-0.1, -0.05) is 6.07 Å². The smallest absolute Gasteiger partial charge is 0.239 e. The van der Waals surface area contributed by atoms with Gasteiger partial charge < -0.3 is 30.2 Å². The number of fused-ring (bicyclic) bond motifs is 1. The van der Waals surface area contributed by atoms with Crippen molar-refractivity contribution in [3.8, 4) is 11.5 Å². The molecule has 1 aromatic rings. The number of nitrogens with one attached hydrogen (secondary N) is 3. The lowest BCUT2D eigenvalue weighted by Crippen LogP contribution is -2.43. The predicted octanol–water partition coefficient (Wildman–Crippen LogP) is 0.461. The number of hydrogen-bond donors (Lipinski definition) is 3. The topological polar surface area (TPSA) is 93.2 Å². The summed E-state index contributed by atoms with van der Waals surface area (Å²) in [4.78, 5) is 15.7. The van der Waals surface area contributed by atoms with Crippen molar-refractivity contribution in [2.24, 2.45) is 4.99 Å². The zero-order valence-corrected chi connectivity index (χ0v) is 16.1. The number of benzene rings is 1. The third-order valence-corrected chi connectivity index (χ3v) is 3.17. The average Bonchev–Trinajstić information content (AvgIpc) is 3.03. The van der Waals surface area contributed by atoms with E-state index in [0.717, 1.165) is 17.1 Å². The molecule has 1 amide bonds. The first kappa shape index (κ1) is 20.3. The maximum Gasteiger partial charge on any atom is 0.239 e. The second-order valence-corrected chi connectivity index (χ2v) is 4.81. The predicted molar refractivity (Wildman–Crippen MR) is 101 cm³/mol. The van der Waals surface area contributed by atoms with E-state index >= 15 is 0 Å². The Morgan fingerprint density at radius 2 is 2.04 bits per heavy atom. The summed E-state index contributed by atoms with van der Waals surface area (Å²) >= 11 is 0. The van der Waals surface area contributed by atoms with Crippen LogP contribution >= 0.6 is 24.0 Å². The quantitative estimate of drug-likeness (QED) is 0.242. The van der Waals surface area contributed by atoms with E-state index in [1.807, 2.05) is 18.2 Å². The summed E-state index contributed by atoms with van der Waals surface area (Å²) in [7, 11) is 3.24. The Kier molecular flexibility index (Phi) is 9.23. The van der Waals surface area contributed by atoms with E-state index in [9.17, 15) is 4.79 Å². The van der Waals surface area contributed by atoms with Gasteiger partial charge in [0.1, 0.15) is 0 Å². The number of carbonyl (C=O) groups excluding carboxylic acids is 1. The monoisotopic (exact) mass is 450 g/mol. The van der Waals surface area contributed by atoms with Gasteiger partial charge in [-0.25, -0.2) is 0 Å². The number of aliphatic imine (C=N–C) groups is 1. The number of halogens is 1. The molecule has 1 aromatic carbocycles. The number of carbonyl (C=O) groups is 1. The van der Waals surface area contributed by atoms with Gasteiger partial charge in [0.2, 0.25) is 12.7 Å². The van der Waals surface area contributed by atoms with E-state index < -0.39 is 0 Å². The molecular weight excluding hydrogens is 427 g/mol. The van der Waals surface area contributed by atoms with Crippen molar-refractivity contribution in [1.29, 1.82) is 0 Å². The number of hydrogen-bond acceptors (Lipinski definition) is 5. The number of methoxy groups -OCH3 is 1. The first-order valence-electron chi connectivity index (χ1n) is 7.31. The van der Waals surface area contributed by atoms with Gasteiger partial charge in [-0.3, -0.25) is 9.79 Å². The minimum Gasteiger partial charge on any atom is -0.454 e. The Bertz CT molecular complexity index is 568. The fourth-order valence-electron chi connectivity index (χ4n) is 1.98. The second kappa shape index (κ2) is 10.9. The zero-order valence-electron chi connectivity index (χ0n) is 13.8. The molecule has 0 aliphatic carbocycles. The molecule has 0 radical (unpaired) electrons. The summed E-state index contributed by atoms with van der Waals surface area (Å²) in [5.74, 6) is 1.92. The van der Waals surface area contributed by atoms with Crippen LogP contribution < -0.4 is 25.4 Å². The van der Waals surface area contributed by atoms with Gasteiger partial charge in [-0.2, -0.15) is 0 Å². The Morgan fingerprint density at radius 3 is 2.79 bits per heavy atom. The van der Waals surface area contributed by atoms with E-state index in [4.69, 9.17) is 14.2 Å². The first-order valence-corrected chi connectivity index (χ1v) is 7.31. The number of guanidine groups is 1. The molecule has 0 bridgehead atoms. The SMILES string of the molecule is CN=C(NCC(=O)NCCOC)NCc1ccc2c(c1)OCO2.I. The molecule has 0 saturated carbocycles. The van der Waals surface area contributed by atoms with Crippen LogP contribution in [0.4, 0.5) is 0 Å². The third kappa shape index (κ3) is 6.40. The Morgan fingerprint density at radius 1 is 1.25 bits per heavy atom. The maximum absolute atomic E-state index is 11.6. The highest BCUT2D eigenvalue weighted by atomic mass is 127. The molecule has 0 fully saturated rings. The minimum atomic E-state index is -0.118. The van der Waals surface area contributed by atoms with Crippen LogP contribution in [0, 0.1) is 0 Å². The van der Waals surface area contributed by atoms with E-state index in [0.29, 0.717) is 25.7 Å². The lowest BCUT2D eigenvalue weighted by molar-refractivity contribution is -0.120. The lowest BCUT2D eigenvalue weighted by atomic mass is 10.2. The van der Waals surface area contributed by atoms with E-state index in [2.05, 4.69) is 20.9 Å². The normalized spacial score (nSPS) is 12.3. The highest BCUT2D eigenvalue weighted by Crippen LogP contribution is 2.32. The highest BCUT2D eigenvalue weighted by molar-refractivity contribution is 14.0. The number of rotatable bonds is 7. The van der Waals surface area contributed by atoms with E-state index in [1.54, 1.807) is 14.2 Å². The maximum atomic E-state index is 11.6. The van der Waals surface area contributed by atoms with Crippen LogP contribution in [-0.4, -0.2) is 52.5 Å². The summed E-state index contributed by atoms with van der Waals surface area (Å²) in [6.07, 6.45) is 0. The van der Waals surface area contributed by atoms with Gasteiger partial charge in [0.25, 0.3) is 0 Å².